The molecule has 0 radical (unpaired) electrons. The fraction of sp³-hybridized carbons (Fsp3) is 0.714. The highest BCUT2D eigenvalue weighted by Gasteiger charge is 1.78. The van der Waals surface area contributed by atoms with Gasteiger partial charge in [0.15, 0.2) is 0 Å². The van der Waals surface area contributed by atoms with Crippen molar-refractivity contribution in [2.45, 2.75) is 19.8 Å². The molecule has 0 aliphatic heterocycles. The van der Waals surface area contributed by atoms with Crippen LogP contribution in [0, 0.1) is 11.8 Å². The summed E-state index contributed by atoms with van der Waals surface area (Å²) in [5.41, 5.74) is 0.612. The van der Waals surface area contributed by atoms with Gasteiger partial charge in [-0.25, -0.2) is 0 Å². The van der Waals surface area contributed by atoms with E-state index in [0.29, 0.717) is 5.52 Å². The number of ether oxygens (including phenoxy) is 1. The molecule has 0 fully saturated rings. The zero-order valence-electron chi connectivity index (χ0n) is 5.61. The van der Waals surface area contributed by atoms with Gasteiger partial charge in [-0.1, -0.05) is 22.9 Å². The molecule has 0 aromatic rings. The fourth-order valence-electron chi connectivity index (χ4n) is 0.391. The van der Waals surface area contributed by atoms with E-state index in [1.807, 2.05) is 6.92 Å². The lowest BCUT2D eigenvalue weighted by Crippen LogP contribution is -1.88. The van der Waals surface area contributed by atoms with Crippen LogP contribution in [0.25, 0.3) is 0 Å². The molecule has 9 heavy (non-hydrogen) atoms. The third-order valence-electron chi connectivity index (χ3n) is 0.750. The third-order valence-corrected chi connectivity index (χ3v) is 1.07. The first-order valence-electron chi connectivity index (χ1n) is 3.01. The molecular weight excluding hydrogens is 180 g/mol. The average molecular weight is 191 g/mol. The maximum atomic E-state index is 4.99. The zero-order chi connectivity index (χ0) is 6.95. The smallest absolute Gasteiger partial charge is 0.102 e. The van der Waals surface area contributed by atoms with Crippen LogP contribution in [0.15, 0.2) is 0 Å². The molecule has 0 saturated heterocycles. The predicted octanol–water partition coefficient (Wildman–Crippen LogP) is 2.16. The van der Waals surface area contributed by atoms with Gasteiger partial charge in [0.25, 0.3) is 0 Å². The summed E-state index contributed by atoms with van der Waals surface area (Å²) in [6, 6.07) is 0. The lowest BCUT2D eigenvalue weighted by molar-refractivity contribution is 0.193. The summed E-state index contributed by atoms with van der Waals surface area (Å²) < 4.78 is 4.99. The fourth-order valence-corrected chi connectivity index (χ4v) is 0.620. The number of rotatable bonds is 3. The normalized spacial score (nSPS) is 8.22. The Bertz CT molecular complexity index is 101. The van der Waals surface area contributed by atoms with E-state index in [9.17, 15) is 0 Å². The molecular formula is C7H11BrO. The highest BCUT2D eigenvalue weighted by molar-refractivity contribution is 9.09. The topological polar surface area (TPSA) is 9.23 Å². The molecule has 0 unspecified atom stereocenters. The molecule has 0 aromatic heterocycles. The second kappa shape index (κ2) is 8.00. The van der Waals surface area contributed by atoms with Crippen LogP contribution in [0.3, 0.4) is 0 Å². The number of hydrogen-bond acceptors (Lipinski definition) is 1. The van der Waals surface area contributed by atoms with Crippen molar-refractivity contribution in [3.8, 4) is 11.8 Å². The van der Waals surface area contributed by atoms with E-state index in [-0.39, 0.29) is 0 Å². The van der Waals surface area contributed by atoms with E-state index in [2.05, 4.69) is 27.8 Å². The van der Waals surface area contributed by atoms with Gasteiger partial charge in [0.2, 0.25) is 0 Å². The number of halogens is 1. The van der Waals surface area contributed by atoms with Crippen LogP contribution in [0.5, 0.6) is 0 Å². The maximum Gasteiger partial charge on any atom is 0.102 e. The predicted molar refractivity (Wildman–Crippen MR) is 42.4 cm³/mol. The van der Waals surface area contributed by atoms with Crippen molar-refractivity contribution < 1.29 is 4.74 Å². The first-order chi connectivity index (χ1) is 4.41. The van der Waals surface area contributed by atoms with E-state index < -0.39 is 0 Å². The van der Waals surface area contributed by atoms with Crippen LogP contribution >= 0.6 is 15.9 Å². The van der Waals surface area contributed by atoms with Crippen molar-refractivity contribution in [1.82, 2.24) is 0 Å². The van der Waals surface area contributed by atoms with Gasteiger partial charge in [0.1, 0.15) is 5.52 Å². The zero-order valence-corrected chi connectivity index (χ0v) is 7.20. The summed E-state index contributed by atoms with van der Waals surface area (Å²) in [5.74, 6) is 5.94. The molecule has 0 aliphatic rings. The number of alkyl halides is 1. The molecule has 0 N–H and O–H groups in total. The quantitative estimate of drug-likeness (QED) is 0.377. The minimum atomic E-state index is 0.612. The maximum absolute atomic E-state index is 4.99. The number of hydrogen-bond donors (Lipinski definition) is 0. The molecule has 0 amide bonds. The largest absolute Gasteiger partial charge is 0.369 e. The van der Waals surface area contributed by atoms with Crippen LogP contribution in [0.1, 0.15) is 19.8 Å². The molecule has 0 heterocycles. The molecule has 0 rings (SSSR count). The van der Waals surface area contributed by atoms with Gasteiger partial charge in [-0.05, 0) is 0 Å². The van der Waals surface area contributed by atoms with Gasteiger partial charge in [0, 0.05) is 12.8 Å². The monoisotopic (exact) mass is 190 g/mol. The van der Waals surface area contributed by atoms with Gasteiger partial charge in [-0.2, -0.15) is 0 Å². The molecule has 2 heteroatoms. The molecule has 52 valence electrons. The van der Waals surface area contributed by atoms with E-state index in [1.165, 1.54) is 0 Å². The summed E-state index contributed by atoms with van der Waals surface area (Å²) in [6.45, 7) is 2.77. The van der Waals surface area contributed by atoms with Gasteiger partial charge >= 0.3 is 0 Å². The summed E-state index contributed by atoms with van der Waals surface area (Å²) in [4.78, 5) is 0. The average Bonchev–Trinajstić information content (AvgIpc) is 1.89. The Kier molecular flexibility index (Phi) is 8.00. The molecule has 0 saturated carbocycles. The van der Waals surface area contributed by atoms with Crippen molar-refractivity contribution in [2.75, 3.05) is 12.1 Å². The van der Waals surface area contributed by atoms with Crippen LogP contribution < -0.4 is 0 Å². The van der Waals surface area contributed by atoms with Crippen LogP contribution in [-0.2, 0) is 4.74 Å². The minimum Gasteiger partial charge on any atom is -0.369 e. The first kappa shape index (κ1) is 9.00. The van der Waals surface area contributed by atoms with E-state index >= 15 is 0 Å². The summed E-state index contributed by atoms with van der Waals surface area (Å²) >= 11 is 3.15. The Morgan fingerprint density at radius 2 is 2.22 bits per heavy atom. The lowest BCUT2D eigenvalue weighted by Gasteiger charge is -1.90. The summed E-state index contributed by atoms with van der Waals surface area (Å²) in [5, 5.41) is 0. The molecule has 0 bridgehead atoms. The van der Waals surface area contributed by atoms with Gasteiger partial charge in [-0.3, -0.25) is 0 Å². The Labute approximate surface area is 64.9 Å². The van der Waals surface area contributed by atoms with E-state index in [4.69, 9.17) is 4.74 Å². The van der Waals surface area contributed by atoms with E-state index in [0.717, 1.165) is 19.4 Å². The van der Waals surface area contributed by atoms with Crippen molar-refractivity contribution in [3.05, 3.63) is 0 Å². The van der Waals surface area contributed by atoms with Crippen molar-refractivity contribution in [3.63, 3.8) is 0 Å². The highest BCUT2D eigenvalue weighted by Crippen LogP contribution is 1.84. The Balaban J connectivity index is 2.90. The second-order valence-corrected chi connectivity index (χ2v) is 1.93. The molecule has 0 aliphatic carbocycles. The molecule has 0 atom stereocenters. The Hall–Kier alpha value is 0. The lowest BCUT2D eigenvalue weighted by atomic mass is 10.4. The molecule has 1 nitrogen and oxygen atoms in total. The van der Waals surface area contributed by atoms with E-state index in [1.54, 1.807) is 0 Å². The van der Waals surface area contributed by atoms with Crippen molar-refractivity contribution in [2.24, 2.45) is 0 Å². The highest BCUT2D eigenvalue weighted by atomic mass is 79.9. The van der Waals surface area contributed by atoms with Crippen LogP contribution in [-0.4, -0.2) is 12.1 Å². The second-order valence-electron chi connectivity index (χ2n) is 1.47. The van der Waals surface area contributed by atoms with Crippen molar-refractivity contribution >= 4 is 15.9 Å². The minimum absolute atomic E-state index is 0.612. The summed E-state index contributed by atoms with van der Waals surface area (Å²) in [6.07, 6.45) is 1.79. The Morgan fingerprint density at radius 1 is 1.44 bits per heavy atom. The van der Waals surface area contributed by atoms with Crippen molar-refractivity contribution in [1.29, 1.82) is 0 Å². The van der Waals surface area contributed by atoms with Gasteiger partial charge in [-0.15, -0.1) is 11.8 Å². The third kappa shape index (κ3) is 8.00. The van der Waals surface area contributed by atoms with Gasteiger partial charge < -0.3 is 4.74 Å². The van der Waals surface area contributed by atoms with Crippen LogP contribution in [0.2, 0.25) is 0 Å². The SMILES string of the molecule is CCC#CCCOCBr. The standard InChI is InChI=1S/C7H11BrO/c1-2-3-4-5-6-9-7-8/h2,5-7H2,1H3. The van der Waals surface area contributed by atoms with Crippen LogP contribution in [0.4, 0.5) is 0 Å². The molecule has 0 aromatic carbocycles. The summed E-state index contributed by atoms with van der Waals surface area (Å²) in [7, 11) is 0. The molecule has 0 spiro atoms. The van der Waals surface area contributed by atoms with Gasteiger partial charge in [0.05, 0.1) is 6.61 Å². The first-order valence-corrected chi connectivity index (χ1v) is 4.13. The Morgan fingerprint density at radius 3 is 2.78 bits per heavy atom.